The molecule has 8 nitrogen and oxygen atoms in total. The fourth-order valence-electron chi connectivity index (χ4n) is 2.97. The highest BCUT2D eigenvalue weighted by Crippen LogP contribution is 2.26. The maximum Gasteiger partial charge on any atom is 0.422 e. The summed E-state index contributed by atoms with van der Waals surface area (Å²) in [5, 5.41) is 2.77. The van der Waals surface area contributed by atoms with Gasteiger partial charge in [-0.3, -0.25) is 15.0 Å². The summed E-state index contributed by atoms with van der Waals surface area (Å²) < 4.78 is 41.2. The smallest absolute Gasteiger partial charge is 0.422 e. The van der Waals surface area contributed by atoms with Crippen LogP contribution >= 0.6 is 11.6 Å². The quantitative estimate of drug-likeness (QED) is 0.605. The third kappa shape index (κ3) is 5.47. The Morgan fingerprint density at radius 2 is 1.97 bits per heavy atom. The van der Waals surface area contributed by atoms with Crippen LogP contribution in [0.1, 0.15) is 29.3 Å². The van der Waals surface area contributed by atoms with E-state index in [1.807, 2.05) is 30.3 Å². The summed E-state index contributed by atoms with van der Waals surface area (Å²) in [5.41, 5.74) is 1.72. The lowest BCUT2D eigenvalue weighted by molar-refractivity contribution is -0.154. The highest BCUT2D eigenvalue weighted by molar-refractivity contribution is 6.32. The average molecular weight is 471 g/mol. The maximum absolute atomic E-state index is 12.8. The number of hydrogen-bond donors (Lipinski definition) is 2. The molecule has 0 bridgehead atoms. The second-order valence-electron chi connectivity index (χ2n) is 7.24. The number of nitrogens with zero attached hydrogens (tertiary/aromatic N) is 2. The number of hydrazine groups is 1. The molecule has 1 aliphatic heterocycles. The third-order valence-electron chi connectivity index (χ3n) is 4.67. The molecule has 1 aromatic heterocycles. The van der Waals surface area contributed by atoms with Gasteiger partial charge < -0.3 is 10.1 Å². The monoisotopic (exact) mass is 470 g/mol. The Morgan fingerprint density at radius 3 is 2.59 bits per heavy atom. The van der Waals surface area contributed by atoms with Crippen molar-refractivity contribution < 1.29 is 32.3 Å². The van der Waals surface area contributed by atoms with Crippen molar-refractivity contribution in [3.8, 4) is 5.88 Å². The number of hydrogen-bond acceptors (Lipinski definition) is 5. The van der Waals surface area contributed by atoms with E-state index in [0.717, 1.165) is 17.8 Å². The Morgan fingerprint density at radius 1 is 1.28 bits per heavy atom. The van der Waals surface area contributed by atoms with Crippen molar-refractivity contribution in [1.29, 1.82) is 0 Å². The van der Waals surface area contributed by atoms with Gasteiger partial charge in [-0.25, -0.2) is 9.78 Å². The summed E-state index contributed by atoms with van der Waals surface area (Å²) in [6.45, 7) is -0.0528. The molecule has 2 aromatic rings. The fourth-order valence-corrected chi connectivity index (χ4v) is 3.19. The number of alkyl halides is 3. The van der Waals surface area contributed by atoms with Gasteiger partial charge in [-0.15, -0.1) is 0 Å². The average Bonchev–Trinajstić information content (AvgIpc) is 2.94. The lowest BCUT2D eigenvalue weighted by atomic mass is 9.93. The molecule has 0 aliphatic carbocycles. The first-order valence-electron chi connectivity index (χ1n) is 9.35. The van der Waals surface area contributed by atoms with Gasteiger partial charge in [0.1, 0.15) is 10.6 Å². The van der Waals surface area contributed by atoms with Gasteiger partial charge in [0.05, 0.1) is 5.56 Å². The van der Waals surface area contributed by atoms with E-state index in [1.54, 1.807) is 6.92 Å². The van der Waals surface area contributed by atoms with Crippen LogP contribution in [0.25, 0.3) is 0 Å². The molecule has 32 heavy (non-hydrogen) atoms. The SMILES string of the molecule is CC1(CCc2ccccc2)NC(=O)N(NC(=O)c2cnc(OCC(F)(F)F)c(Cl)c2)C1=O. The number of aromatic nitrogens is 1. The number of benzene rings is 1. The predicted octanol–water partition coefficient (Wildman–Crippen LogP) is 3.26. The zero-order valence-corrected chi connectivity index (χ0v) is 17.5. The summed E-state index contributed by atoms with van der Waals surface area (Å²) in [7, 11) is 0. The van der Waals surface area contributed by atoms with Gasteiger partial charge in [-0.1, -0.05) is 41.9 Å². The Hall–Kier alpha value is -3.34. The van der Waals surface area contributed by atoms with Gasteiger partial charge in [0.25, 0.3) is 11.8 Å². The van der Waals surface area contributed by atoms with Crippen molar-refractivity contribution in [2.24, 2.45) is 0 Å². The molecular formula is C20H18ClF3N4O4. The van der Waals surface area contributed by atoms with E-state index in [2.05, 4.69) is 20.5 Å². The van der Waals surface area contributed by atoms with Crippen LogP contribution in [0.3, 0.4) is 0 Å². The van der Waals surface area contributed by atoms with E-state index in [0.29, 0.717) is 17.9 Å². The number of urea groups is 1. The Kier molecular flexibility index (Phi) is 6.58. The van der Waals surface area contributed by atoms with Crippen LogP contribution in [0.2, 0.25) is 5.02 Å². The predicted molar refractivity (Wildman–Crippen MR) is 107 cm³/mol. The summed E-state index contributed by atoms with van der Waals surface area (Å²) >= 11 is 5.83. The molecule has 0 spiro atoms. The molecule has 1 saturated heterocycles. The topological polar surface area (TPSA) is 101 Å². The number of imide groups is 1. The van der Waals surface area contributed by atoms with Crippen LogP contribution in [-0.4, -0.2) is 46.2 Å². The normalized spacial score (nSPS) is 18.5. The zero-order chi connectivity index (χ0) is 23.5. The number of carbonyl (C=O) groups is 3. The Balaban J connectivity index is 1.65. The number of pyridine rings is 1. The van der Waals surface area contributed by atoms with Crippen molar-refractivity contribution in [2.45, 2.75) is 31.5 Å². The molecule has 1 unspecified atom stereocenters. The third-order valence-corrected chi connectivity index (χ3v) is 4.94. The maximum atomic E-state index is 12.8. The molecule has 1 aliphatic rings. The van der Waals surface area contributed by atoms with E-state index in [9.17, 15) is 27.6 Å². The first-order valence-corrected chi connectivity index (χ1v) is 9.73. The molecule has 170 valence electrons. The number of rotatable bonds is 7. The summed E-state index contributed by atoms with van der Waals surface area (Å²) in [4.78, 5) is 41.1. The molecule has 4 amide bonds. The van der Waals surface area contributed by atoms with Crippen molar-refractivity contribution in [1.82, 2.24) is 20.7 Å². The van der Waals surface area contributed by atoms with E-state index in [4.69, 9.17) is 11.6 Å². The van der Waals surface area contributed by atoms with E-state index in [1.165, 1.54) is 0 Å². The molecular weight excluding hydrogens is 453 g/mol. The highest BCUT2D eigenvalue weighted by Gasteiger charge is 2.48. The number of carbonyl (C=O) groups excluding carboxylic acids is 3. The van der Waals surface area contributed by atoms with Crippen molar-refractivity contribution in [3.63, 3.8) is 0 Å². The van der Waals surface area contributed by atoms with Gasteiger partial charge in [-0.2, -0.15) is 18.2 Å². The molecule has 1 aromatic carbocycles. The minimum atomic E-state index is -4.59. The van der Waals surface area contributed by atoms with Crippen molar-refractivity contribution in [3.05, 3.63) is 58.7 Å². The van der Waals surface area contributed by atoms with Crippen LogP contribution in [-0.2, 0) is 11.2 Å². The van der Waals surface area contributed by atoms with E-state index in [-0.39, 0.29) is 10.6 Å². The summed E-state index contributed by atoms with van der Waals surface area (Å²) in [6, 6.07) is 9.56. The Labute approximate surface area is 185 Å². The molecule has 12 heteroatoms. The molecule has 1 atom stereocenters. The molecule has 2 heterocycles. The van der Waals surface area contributed by atoms with Gasteiger partial charge in [-0.05, 0) is 31.4 Å². The summed E-state index contributed by atoms with van der Waals surface area (Å²) in [5.74, 6) is -2.07. The van der Waals surface area contributed by atoms with Gasteiger partial charge >= 0.3 is 12.2 Å². The lowest BCUT2D eigenvalue weighted by Crippen LogP contribution is -2.49. The van der Waals surface area contributed by atoms with Gasteiger partial charge in [0.15, 0.2) is 6.61 Å². The number of halogens is 4. The minimum absolute atomic E-state index is 0.187. The summed E-state index contributed by atoms with van der Waals surface area (Å²) in [6.07, 6.45) is -2.85. The molecule has 0 radical (unpaired) electrons. The van der Waals surface area contributed by atoms with Crippen LogP contribution in [0.4, 0.5) is 18.0 Å². The minimum Gasteiger partial charge on any atom is -0.467 e. The molecule has 3 rings (SSSR count). The van der Waals surface area contributed by atoms with E-state index < -0.39 is 42.0 Å². The second kappa shape index (κ2) is 9.03. The van der Waals surface area contributed by atoms with Crippen LogP contribution in [0.5, 0.6) is 5.88 Å². The van der Waals surface area contributed by atoms with Crippen LogP contribution < -0.4 is 15.5 Å². The molecule has 2 N–H and O–H groups in total. The fraction of sp³-hybridized carbons (Fsp3) is 0.300. The lowest BCUT2D eigenvalue weighted by Gasteiger charge is -2.21. The van der Waals surface area contributed by atoms with Crippen molar-refractivity contribution in [2.75, 3.05) is 6.61 Å². The highest BCUT2D eigenvalue weighted by atomic mass is 35.5. The first kappa shape index (κ1) is 23.3. The Bertz CT molecular complexity index is 1040. The standard InChI is InChI=1S/C20H18ClF3N4O4/c1-19(8-7-12-5-3-2-4-6-12)17(30)28(18(31)26-19)27-15(29)13-9-14(21)16(25-10-13)32-11-20(22,23)24/h2-6,9-10H,7-8,11H2,1H3,(H,26,31)(H,27,29). The van der Waals surface area contributed by atoms with Gasteiger partial charge in [0.2, 0.25) is 5.88 Å². The number of ether oxygens (including phenoxy) is 1. The molecule has 1 fully saturated rings. The van der Waals surface area contributed by atoms with Crippen molar-refractivity contribution >= 4 is 29.4 Å². The van der Waals surface area contributed by atoms with E-state index >= 15 is 0 Å². The molecule has 0 saturated carbocycles. The van der Waals surface area contributed by atoms with Crippen LogP contribution in [0, 0.1) is 0 Å². The number of nitrogens with one attached hydrogen (secondary N) is 2. The number of amides is 4. The largest absolute Gasteiger partial charge is 0.467 e. The number of aryl methyl sites for hydroxylation is 1. The first-order chi connectivity index (χ1) is 15.0. The zero-order valence-electron chi connectivity index (χ0n) is 16.7. The van der Waals surface area contributed by atoms with Gasteiger partial charge in [0, 0.05) is 6.20 Å². The van der Waals surface area contributed by atoms with Crippen LogP contribution in [0.15, 0.2) is 42.6 Å². The second-order valence-corrected chi connectivity index (χ2v) is 7.65.